The molecule has 0 saturated carbocycles. The molecule has 3 aromatic heterocycles. The maximum Gasteiger partial charge on any atom is 0.147 e. The first-order chi connectivity index (χ1) is 16.6. The maximum atomic E-state index is 4.40. The van der Waals surface area contributed by atoms with Crippen LogP contribution in [0.15, 0.2) is 96.5 Å². The smallest absolute Gasteiger partial charge is 0.147 e. The molecule has 0 atom stereocenters. The van der Waals surface area contributed by atoms with Gasteiger partial charge in [0.2, 0.25) is 0 Å². The summed E-state index contributed by atoms with van der Waals surface area (Å²) in [6, 6.07) is 28.8. The topological polar surface area (TPSA) is 54.5 Å². The molecular weight excluding hydrogens is 456 g/mol. The van der Waals surface area contributed by atoms with Crippen molar-refractivity contribution >= 4 is 33.6 Å². The zero-order valence-corrected chi connectivity index (χ0v) is 21.0. The highest BCUT2D eigenvalue weighted by atomic mass is 32.1. The summed E-state index contributed by atoms with van der Waals surface area (Å²) in [6.07, 6.45) is 1.96. The average molecular weight is 483 g/mol. The summed E-state index contributed by atoms with van der Waals surface area (Å²) in [5, 5.41) is 14.5. The third-order valence-corrected chi connectivity index (χ3v) is 6.61. The number of aryl methyl sites for hydroxylation is 3. The number of fused-ring (bicyclic) bond motifs is 1. The van der Waals surface area contributed by atoms with Gasteiger partial charge < -0.3 is 4.98 Å². The van der Waals surface area contributed by atoms with E-state index in [0.717, 1.165) is 26.3 Å². The minimum Gasteiger partial charge on any atom is -0.361 e. The Kier molecular flexibility index (Phi) is 7.96. The SMILES string of the molecule is Cc1ccc2[nH]ccc2c1.Cc1nc(-c2ccccc2)cs1.Cc1nnc(-c2ccccc2)s1. The fraction of sp³-hybridized carbons (Fsp3) is 0.107. The Morgan fingerprint density at radius 2 is 1.41 bits per heavy atom. The normalized spacial score (nSPS) is 10.2. The van der Waals surface area contributed by atoms with E-state index < -0.39 is 0 Å². The van der Waals surface area contributed by atoms with Gasteiger partial charge in [-0.1, -0.05) is 83.6 Å². The predicted octanol–water partition coefficient (Wildman–Crippen LogP) is 8.11. The number of benzene rings is 3. The van der Waals surface area contributed by atoms with Crippen molar-refractivity contribution < 1.29 is 0 Å². The van der Waals surface area contributed by atoms with Crippen LogP contribution in [-0.2, 0) is 0 Å². The molecule has 0 aliphatic heterocycles. The summed E-state index contributed by atoms with van der Waals surface area (Å²) in [6.45, 7) is 6.09. The molecule has 0 aliphatic rings. The third kappa shape index (κ3) is 6.47. The summed E-state index contributed by atoms with van der Waals surface area (Å²) in [4.78, 5) is 7.55. The van der Waals surface area contributed by atoms with Crippen molar-refractivity contribution in [3.05, 3.63) is 112 Å². The number of rotatable bonds is 2. The van der Waals surface area contributed by atoms with Gasteiger partial charge in [-0.15, -0.1) is 21.5 Å². The predicted molar refractivity (Wildman–Crippen MR) is 145 cm³/mol. The lowest BCUT2D eigenvalue weighted by Crippen LogP contribution is -1.75. The number of nitrogens with zero attached hydrogens (tertiary/aromatic N) is 3. The van der Waals surface area contributed by atoms with E-state index in [0.29, 0.717) is 0 Å². The van der Waals surface area contributed by atoms with Gasteiger partial charge in [-0.25, -0.2) is 4.98 Å². The van der Waals surface area contributed by atoms with E-state index in [4.69, 9.17) is 0 Å². The Hall–Kier alpha value is -3.61. The summed E-state index contributed by atoms with van der Waals surface area (Å²) < 4.78 is 0. The molecule has 0 amide bonds. The number of thiazole rings is 1. The number of aromatic nitrogens is 4. The molecule has 0 bridgehead atoms. The molecule has 6 aromatic rings. The molecule has 6 heteroatoms. The van der Waals surface area contributed by atoms with Gasteiger partial charge in [-0.3, -0.25) is 0 Å². The Balaban J connectivity index is 0.000000121. The van der Waals surface area contributed by atoms with Crippen LogP contribution in [0.25, 0.3) is 32.7 Å². The van der Waals surface area contributed by atoms with Crippen LogP contribution in [0.1, 0.15) is 15.6 Å². The van der Waals surface area contributed by atoms with E-state index in [1.54, 1.807) is 22.7 Å². The molecule has 34 heavy (non-hydrogen) atoms. The number of H-pyrrole nitrogens is 1. The van der Waals surface area contributed by atoms with Crippen LogP contribution in [0.3, 0.4) is 0 Å². The van der Waals surface area contributed by atoms with Crippen molar-refractivity contribution in [2.24, 2.45) is 0 Å². The van der Waals surface area contributed by atoms with Crippen LogP contribution in [0.4, 0.5) is 0 Å². The van der Waals surface area contributed by atoms with E-state index >= 15 is 0 Å². The molecule has 1 N–H and O–H groups in total. The summed E-state index contributed by atoms with van der Waals surface area (Å²) in [5.41, 5.74) is 5.95. The van der Waals surface area contributed by atoms with Gasteiger partial charge in [-0.2, -0.15) is 0 Å². The Labute approximate surface area is 208 Å². The molecular formula is C28H26N4S2. The second kappa shape index (κ2) is 11.5. The molecule has 0 aliphatic carbocycles. The van der Waals surface area contributed by atoms with E-state index in [1.807, 2.05) is 68.6 Å². The number of hydrogen-bond donors (Lipinski definition) is 1. The monoisotopic (exact) mass is 482 g/mol. The second-order valence-corrected chi connectivity index (χ2v) is 9.92. The van der Waals surface area contributed by atoms with Crippen molar-refractivity contribution in [1.29, 1.82) is 0 Å². The van der Waals surface area contributed by atoms with Gasteiger partial charge >= 0.3 is 0 Å². The van der Waals surface area contributed by atoms with Crippen LogP contribution in [0.2, 0.25) is 0 Å². The number of nitrogens with one attached hydrogen (secondary N) is 1. The zero-order chi connectivity index (χ0) is 23.8. The van der Waals surface area contributed by atoms with E-state index in [9.17, 15) is 0 Å². The summed E-state index contributed by atoms with van der Waals surface area (Å²) >= 11 is 3.31. The Morgan fingerprint density at radius 3 is 2.03 bits per heavy atom. The molecule has 6 rings (SSSR count). The van der Waals surface area contributed by atoms with Gasteiger partial charge in [-0.05, 0) is 44.4 Å². The zero-order valence-electron chi connectivity index (χ0n) is 19.4. The van der Waals surface area contributed by atoms with Gasteiger partial charge in [0, 0.05) is 28.2 Å². The standard InChI is InChI=1S/C10H9NS.C9H8N2S.C9H9N/c1-8-11-10(7-12-8)9-5-3-2-4-6-9;1-7-10-11-9(12-7)8-5-3-2-4-6-8;1-7-2-3-9-8(6-7)4-5-10-9/h2-7H,1H3;2-6H,1H3;2-6,10H,1H3. The average Bonchev–Trinajstić information content (AvgIpc) is 3.62. The van der Waals surface area contributed by atoms with E-state index in [-0.39, 0.29) is 0 Å². The first-order valence-corrected chi connectivity index (χ1v) is 12.6. The largest absolute Gasteiger partial charge is 0.361 e. The lowest BCUT2D eigenvalue weighted by Gasteiger charge is -1.92. The Bertz CT molecular complexity index is 1360. The minimum atomic E-state index is 0.994. The third-order valence-electron chi connectivity index (χ3n) is 4.94. The van der Waals surface area contributed by atoms with Crippen LogP contribution in [-0.4, -0.2) is 20.2 Å². The fourth-order valence-corrected chi connectivity index (χ4v) is 4.59. The van der Waals surface area contributed by atoms with Gasteiger partial charge in [0.05, 0.1) is 10.7 Å². The van der Waals surface area contributed by atoms with Crippen molar-refractivity contribution in [1.82, 2.24) is 20.2 Å². The minimum absolute atomic E-state index is 0.994. The van der Waals surface area contributed by atoms with Crippen LogP contribution in [0, 0.1) is 20.8 Å². The van der Waals surface area contributed by atoms with Gasteiger partial charge in [0.25, 0.3) is 0 Å². The van der Waals surface area contributed by atoms with Crippen molar-refractivity contribution in [2.45, 2.75) is 20.8 Å². The first kappa shape index (κ1) is 23.5. The summed E-state index contributed by atoms with van der Waals surface area (Å²) in [7, 11) is 0. The lowest BCUT2D eigenvalue weighted by atomic mass is 10.2. The quantitative estimate of drug-likeness (QED) is 0.271. The van der Waals surface area contributed by atoms with Crippen molar-refractivity contribution in [3.63, 3.8) is 0 Å². The first-order valence-electron chi connectivity index (χ1n) is 11.0. The number of aromatic amines is 1. The molecule has 0 unspecified atom stereocenters. The molecule has 4 nitrogen and oxygen atoms in total. The molecule has 3 aromatic carbocycles. The summed E-state index contributed by atoms with van der Waals surface area (Å²) in [5.74, 6) is 0. The van der Waals surface area contributed by atoms with Crippen LogP contribution in [0.5, 0.6) is 0 Å². The fourth-order valence-electron chi connectivity index (χ4n) is 3.27. The van der Waals surface area contributed by atoms with Crippen LogP contribution >= 0.6 is 22.7 Å². The highest BCUT2D eigenvalue weighted by Crippen LogP contribution is 2.22. The lowest BCUT2D eigenvalue weighted by molar-refractivity contribution is 1.05. The van der Waals surface area contributed by atoms with Gasteiger partial charge in [0.1, 0.15) is 10.0 Å². The van der Waals surface area contributed by atoms with Gasteiger partial charge in [0.15, 0.2) is 0 Å². The van der Waals surface area contributed by atoms with E-state index in [1.165, 1.54) is 22.0 Å². The van der Waals surface area contributed by atoms with Crippen molar-refractivity contribution in [3.8, 4) is 21.8 Å². The molecule has 0 fully saturated rings. The van der Waals surface area contributed by atoms with Crippen molar-refractivity contribution in [2.75, 3.05) is 0 Å². The highest BCUT2D eigenvalue weighted by Gasteiger charge is 2.01. The number of hydrogen-bond acceptors (Lipinski definition) is 5. The second-order valence-electron chi connectivity index (χ2n) is 7.68. The molecule has 3 heterocycles. The van der Waals surface area contributed by atoms with E-state index in [2.05, 4.69) is 68.9 Å². The van der Waals surface area contributed by atoms with Crippen LogP contribution < -0.4 is 0 Å². The molecule has 0 saturated heterocycles. The Morgan fingerprint density at radius 1 is 0.706 bits per heavy atom. The molecule has 0 spiro atoms. The molecule has 170 valence electrons. The maximum absolute atomic E-state index is 4.40. The highest BCUT2D eigenvalue weighted by molar-refractivity contribution is 7.14. The molecule has 0 radical (unpaired) electrons.